The summed E-state index contributed by atoms with van der Waals surface area (Å²) in [4.78, 5) is 12.2. The second-order valence-corrected chi connectivity index (χ2v) is 8.11. The minimum atomic E-state index is -0.281. The summed E-state index contributed by atoms with van der Waals surface area (Å²) in [5.41, 5.74) is 4.09. The standard InChI is InChI=1S/C20H24N4O2/c1-19(2)14-8-9-20(19,3)16(10-14)22-23-17(25)12-26-18-15-7-5-4-6-13(15)11-21-24-18/h4-7,11,14H,8-10,12H2,1-3H3,(H,23,25). The summed E-state index contributed by atoms with van der Waals surface area (Å²) >= 11 is 0. The van der Waals surface area contributed by atoms with E-state index in [9.17, 15) is 4.79 Å². The number of fused-ring (bicyclic) bond motifs is 3. The van der Waals surface area contributed by atoms with Crippen molar-refractivity contribution in [3.05, 3.63) is 30.5 Å². The predicted molar refractivity (Wildman–Crippen MR) is 99.8 cm³/mol. The Labute approximate surface area is 153 Å². The molecule has 0 radical (unpaired) electrons. The lowest BCUT2D eigenvalue weighted by Gasteiger charge is -2.34. The number of aromatic nitrogens is 2. The van der Waals surface area contributed by atoms with Gasteiger partial charge in [0.15, 0.2) is 6.61 Å². The van der Waals surface area contributed by atoms with Crippen LogP contribution in [0.4, 0.5) is 0 Å². The van der Waals surface area contributed by atoms with Crippen LogP contribution in [-0.2, 0) is 4.79 Å². The van der Waals surface area contributed by atoms with Gasteiger partial charge in [-0.25, -0.2) is 5.43 Å². The van der Waals surface area contributed by atoms with E-state index in [-0.39, 0.29) is 23.3 Å². The number of carbonyl (C=O) groups is 1. The molecule has 0 aliphatic heterocycles. The Morgan fingerprint density at radius 1 is 1.35 bits per heavy atom. The second kappa shape index (κ2) is 6.04. The van der Waals surface area contributed by atoms with Gasteiger partial charge >= 0.3 is 0 Å². The lowest BCUT2D eigenvalue weighted by Crippen LogP contribution is -2.35. The van der Waals surface area contributed by atoms with Crippen LogP contribution in [0.25, 0.3) is 10.8 Å². The molecule has 0 spiro atoms. The highest BCUT2D eigenvalue weighted by atomic mass is 16.5. The fraction of sp³-hybridized carbons (Fsp3) is 0.500. The van der Waals surface area contributed by atoms with E-state index in [1.165, 1.54) is 6.42 Å². The monoisotopic (exact) mass is 352 g/mol. The van der Waals surface area contributed by atoms with Gasteiger partial charge < -0.3 is 4.74 Å². The Morgan fingerprint density at radius 3 is 2.88 bits per heavy atom. The van der Waals surface area contributed by atoms with Crippen molar-refractivity contribution >= 4 is 22.4 Å². The Hall–Kier alpha value is -2.50. The lowest BCUT2D eigenvalue weighted by molar-refractivity contribution is -0.123. The van der Waals surface area contributed by atoms with Gasteiger partial charge in [-0.05, 0) is 36.7 Å². The Morgan fingerprint density at radius 2 is 2.15 bits per heavy atom. The van der Waals surface area contributed by atoms with Crippen LogP contribution < -0.4 is 10.2 Å². The van der Waals surface area contributed by atoms with E-state index >= 15 is 0 Å². The molecule has 1 heterocycles. The summed E-state index contributed by atoms with van der Waals surface area (Å²) in [7, 11) is 0. The van der Waals surface area contributed by atoms with Crippen molar-refractivity contribution in [2.75, 3.05) is 6.61 Å². The summed E-state index contributed by atoms with van der Waals surface area (Å²) in [5.74, 6) is 0.737. The highest BCUT2D eigenvalue weighted by Crippen LogP contribution is 2.63. The zero-order chi connectivity index (χ0) is 18.4. The summed E-state index contributed by atoms with van der Waals surface area (Å²) < 4.78 is 5.57. The van der Waals surface area contributed by atoms with E-state index in [2.05, 4.69) is 41.5 Å². The first-order valence-corrected chi connectivity index (χ1v) is 9.11. The number of benzene rings is 1. The number of amides is 1. The van der Waals surface area contributed by atoms with E-state index in [1.807, 2.05) is 24.3 Å². The van der Waals surface area contributed by atoms with E-state index < -0.39 is 0 Å². The number of hydrazone groups is 1. The number of rotatable bonds is 4. The van der Waals surface area contributed by atoms with Crippen LogP contribution in [0.15, 0.2) is 35.6 Å². The van der Waals surface area contributed by atoms with Crippen molar-refractivity contribution in [1.29, 1.82) is 0 Å². The molecule has 6 nitrogen and oxygen atoms in total. The Balaban J connectivity index is 1.41. The summed E-state index contributed by atoms with van der Waals surface area (Å²) in [5, 5.41) is 14.1. The third-order valence-corrected chi connectivity index (χ3v) is 6.70. The van der Waals surface area contributed by atoms with Crippen molar-refractivity contribution < 1.29 is 9.53 Å². The number of hydrogen-bond acceptors (Lipinski definition) is 5. The average molecular weight is 352 g/mol. The first-order valence-electron chi connectivity index (χ1n) is 9.11. The van der Waals surface area contributed by atoms with Crippen LogP contribution in [0.5, 0.6) is 5.88 Å². The number of hydrogen-bond donors (Lipinski definition) is 1. The maximum absolute atomic E-state index is 12.2. The van der Waals surface area contributed by atoms with Crippen molar-refractivity contribution in [3.63, 3.8) is 0 Å². The van der Waals surface area contributed by atoms with E-state index in [4.69, 9.17) is 4.74 Å². The third-order valence-electron chi connectivity index (χ3n) is 6.70. The fourth-order valence-electron chi connectivity index (χ4n) is 4.50. The zero-order valence-corrected chi connectivity index (χ0v) is 15.5. The molecule has 4 rings (SSSR count). The van der Waals surface area contributed by atoms with Crippen molar-refractivity contribution in [2.45, 2.75) is 40.0 Å². The van der Waals surface area contributed by atoms with Gasteiger partial charge in [0, 0.05) is 21.9 Å². The molecule has 1 amide bonds. The summed E-state index contributed by atoms with van der Waals surface area (Å²) in [6, 6.07) is 7.66. The molecule has 2 fully saturated rings. The highest BCUT2D eigenvalue weighted by Gasteiger charge is 2.59. The zero-order valence-electron chi connectivity index (χ0n) is 15.5. The number of nitrogens with one attached hydrogen (secondary N) is 1. The van der Waals surface area contributed by atoms with Gasteiger partial charge in [0.25, 0.3) is 5.91 Å². The Bertz CT molecular complexity index is 887. The van der Waals surface area contributed by atoms with E-state index in [0.717, 1.165) is 29.3 Å². The van der Waals surface area contributed by atoms with Gasteiger partial charge in [-0.3, -0.25) is 4.79 Å². The SMILES string of the molecule is CC12CCC(CC1=NNC(=O)COc1nncc3ccccc13)C2(C)C. The molecular formula is C20H24N4O2. The predicted octanol–water partition coefficient (Wildman–Crippen LogP) is 3.33. The van der Waals surface area contributed by atoms with Crippen molar-refractivity contribution in [2.24, 2.45) is 21.8 Å². The van der Waals surface area contributed by atoms with E-state index in [0.29, 0.717) is 11.8 Å². The highest BCUT2D eigenvalue weighted by molar-refractivity contribution is 5.95. The Kier molecular flexibility index (Phi) is 3.93. The first kappa shape index (κ1) is 16.9. The largest absolute Gasteiger partial charge is 0.466 e. The molecule has 2 unspecified atom stereocenters. The third kappa shape index (κ3) is 2.55. The number of carbonyl (C=O) groups excluding carboxylic acids is 1. The van der Waals surface area contributed by atoms with Crippen LogP contribution in [-0.4, -0.2) is 28.4 Å². The topological polar surface area (TPSA) is 76.5 Å². The fourth-order valence-corrected chi connectivity index (χ4v) is 4.50. The van der Waals surface area contributed by atoms with Gasteiger partial charge in [0.1, 0.15) is 0 Å². The quantitative estimate of drug-likeness (QED) is 0.856. The molecule has 0 saturated heterocycles. The molecule has 2 aromatic rings. The molecule has 136 valence electrons. The van der Waals surface area contributed by atoms with Crippen molar-refractivity contribution in [3.8, 4) is 5.88 Å². The second-order valence-electron chi connectivity index (χ2n) is 8.11. The molecular weight excluding hydrogens is 328 g/mol. The normalized spacial score (nSPS) is 27.8. The average Bonchev–Trinajstić information content (AvgIpc) is 2.98. The molecule has 2 aliphatic carbocycles. The van der Waals surface area contributed by atoms with Gasteiger partial charge in [-0.1, -0.05) is 39.0 Å². The lowest BCUT2D eigenvalue weighted by atomic mass is 9.70. The maximum Gasteiger partial charge on any atom is 0.278 e. The minimum Gasteiger partial charge on any atom is -0.466 e. The number of ether oxygens (including phenoxy) is 1. The first-order chi connectivity index (χ1) is 12.4. The summed E-state index contributed by atoms with van der Waals surface area (Å²) in [6.07, 6.45) is 5.03. The van der Waals surface area contributed by atoms with Crippen molar-refractivity contribution in [1.82, 2.24) is 15.6 Å². The molecule has 2 saturated carbocycles. The van der Waals surface area contributed by atoms with Crippen LogP contribution in [0.1, 0.15) is 40.0 Å². The molecule has 1 aromatic carbocycles. The summed E-state index contributed by atoms with van der Waals surface area (Å²) in [6.45, 7) is 6.77. The van der Waals surface area contributed by atoms with Crippen LogP contribution >= 0.6 is 0 Å². The maximum atomic E-state index is 12.2. The van der Waals surface area contributed by atoms with Gasteiger partial charge in [0.05, 0.1) is 6.20 Å². The van der Waals surface area contributed by atoms with E-state index in [1.54, 1.807) is 6.20 Å². The molecule has 1 aromatic heterocycles. The molecule has 2 bridgehead atoms. The molecule has 6 heteroatoms. The molecule has 2 atom stereocenters. The molecule has 26 heavy (non-hydrogen) atoms. The van der Waals surface area contributed by atoms with Gasteiger partial charge in [-0.2, -0.15) is 10.2 Å². The molecule has 2 aliphatic rings. The molecule has 1 N–H and O–H groups in total. The number of nitrogens with zero attached hydrogens (tertiary/aromatic N) is 3. The van der Waals surface area contributed by atoms with Crippen LogP contribution in [0.3, 0.4) is 0 Å². The van der Waals surface area contributed by atoms with Gasteiger partial charge in [-0.15, -0.1) is 5.10 Å². The van der Waals surface area contributed by atoms with Gasteiger partial charge in [0.2, 0.25) is 5.88 Å². The van der Waals surface area contributed by atoms with Crippen LogP contribution in [0, 0.1) is 16.7 Å². The van der Waals surface area contributed by atoms with Crippen LogP contribution in [0.2, 0.25) is 0 Å². The minimum absolute atomic E-state index is 0.0763. The smallest absolute Gasteiger partial charge is 0.278 e.